The molecule has 0 N–H and O–H groups in total. The fourth-order valence-corrected chi connectivity index (χ4v) is 3.02. The summed E-state index contributed by atoms with van der Waals surface area (Å²) in [5.41, 5.74) is 5.03. The van der Waals surface area contributed by atoms with Crippen molar-refractivity contribution in [2.45, 2.75) is 20.4 Å². The SMILES string of the molecule is Cc1cc(N(C)Cc2cnc3ccccc3c2)n2nc(C)cc2n1. The third-order valence-electron chi connectivity index (χ3n) is 4.12. The van der Waals surface area contributed by atoms with Gasteiger partial charge in [-0.3, -0.25) is 4.98 Å². The molecule has 0 spiro atoms. The molecule has 24 heavy (non-hydrogen) atoms. The van der Waals surface area contributed by atoms with Gasteiger partial charge >= 0.3 is 0 Å². The van der Waals surface area contributed by atoms with Gasteiger partial charge in [0.2, 0.25) is 0 Å². The number of nitrogens with zero attached hydrogens (tertiary/aromatic N) is 5. The smallest absolute Gasteiger partial charge is 0.157 e. The summed E-state index contributed by atoms with van der Waals surface area (Å²) < 4.78 is 1.90. The van der Waals surface area contributed by atoms with Crippen molar-refractivity contribution in [2.75, 3.05) is 11.9 Å². The molecule has 5 nitrogen and oxygen atoms in total. The summed E-state index contributed by atoms with van der Waals surface area (Å²) in [6.07, 6.45) is 1.94. The maximum absolute atomic E-state index is 4.56. The lowest BCUT2D eigenvalue weighted by molar-refractivity contribution is 0.820. The summed E-state index contributed by atoms with van der Waals surface area (Å²) in [7, 11) is 2.07. The van der Waals surface area contributed by atoms with E-state index in [2.05, 4.69) is 45.2 Å². The van der Waals surface area contributed by atoms with Gasteiger partial charge in [0.25, 0.3) is 0 Å². The second kappa shape index (κ2) is 5.60. The quantitative estimate of drug-likeness (QED) is 0.580. The number of anilines is 1. The minimum atomic E-state index is 0.759. The Kier molecular flexibility index (Phi) is 3.41. The van der Waals surface area contributed by atoms with Gasteiger partial charge in [0.1, 0.15) is 5.82 Å². The lowest BCUT2D eigenvalue weighted by atomic mass is 10.1. The van der Waals surface area contributed by atoms with Crippen LogP contribution in [0.15, 0.2) is 48.7 Å². The maximum atomic E-state index is 4.56. The minimum absolute atomic E-state index is 0.759. The first kappa shape index (κ1) is 14.6. The number of hydrogen-bond donors (Lipinski definition) is 0. The summed E-state index contributed by atoms with van der Waals surface area (Å²) in [5, 5.41) is 5.73. The van der Waals surface area contributed by atoms with Crippen molar-refractivity contribution in [3.05, 3.63) is 65.6 Å². The fraction of sp³-hybridized carbons (Fsp3) is 0.211. The lowest BCUT2D eigenvalue weighted by Gasteiger charge is -2.20. The molecule has 3 heterocycles. The van der Waals surface area contributed by atoms with Crippen LogP contribution in [0.5, 0.6) is 0 Å². The predicted molar refractivity (Wildman–Crippen MR) is 96.3 cm³/mol. The van der Waals surface area contributed by atoms with Crippen LogP contribution in [0.1, 0.15) is 17.0 Å². The molecule has 0 saturated heterocycles. The summed E-state index contributed by atoms with van der Waals surface area (Å²) in [6, 6.07) is 14.4. The van der Waals surface area contributed by atoms with E-state index >= 15 is 0 Å². The average molecular weight is 317 g/mol. The Balaban J connectivity index is 1.71. The molecule has 0 unspecified atom stereocenters. The van der Waals surface area contributed by atoms with Crippen LogP contribution in [0.4, 0.5) is 5.82 Å². The van der Waals surface area contributed by atoms with Gasteiger partial charge in [0.15, 0.2) is 5.65 Å². The van der Waals surface area contributed by atoms with Crippen molar-refractivity contribution >= 4 is 22.4 Å². The number of pyridine rings is 1. The summed E-state index contributed by atoms with van der Waals surface area (Å²) in [6.45, 7) is 4.76. The average Bonchev–Trinajstić information content (AvgIpc) is 2.93. The molecule has 3 aromatic heterocycles. The van der Waals surface area contributed by atoms with Crippen LogP contribution in [0.3, 0.4) is 0 Å². The Morgan fingerprint density at radius 1 is 1.04 bits per heavy atom. The van der Waals surface area contributed by atoms with E-state index in [0.717, 1.165) is 40.3 Å². The van der Waals surface area contributed by atoms with Crippen molar-refractivity contribution in [2.24, 2.45) is 0 Å². The van der Waals surface area contributed by atoms with E-state index < -0.39 is 0 Å². The Hall–Kier alpha value is -2.95. The molecule has 0 radical (unpaired) electrons. The maximum Gasteiger partial charge on any atom is 0.157 e. The van der Waals surface area contributed by atoms with Gasteiger partial charge in [-0.05, 0) is 31.5 Å². The van der Waals surface area contributed by atoms with Crippen molar-refractivity contribution in [3.63, 3.8) is 0 Å². The Bertz CT molecular complexity index is 1030. The molecule has 0 atom stereocenters. The molecule has 4 aromatic rings. The van der Waals surface area contributed by atoms with Crippen LogP contribution in [0.2, 0.25) is 0 Å². The zero-order chi connectivity index (χ0) is 16.7. The van der Waals surface area contributed by atoms with Crippen molar-refractivity contribution < 1.29 is 0 Å². The Morgan fingerprint density at radius 3 is 2.75 bits per heavy atom. The highest BCUT2D eigenvalue weighted by Gasteiger charge is 2.11. The van der Waals surface area contributed by atoms with Gasteiger partial charge in [-0.1, -0.05) is 18.2 Å². The second-order valence-electron chi connectivity index (χ2n) is 6.20. The Labute approximate surface area is 140 Å². The molecule has 1 aromatic carbocycles. The van der Waals surface area contributed by atoms with E-state index in [1.807, 2.05) is 48.8 Å². The van der Waals surface area contributed by atoms with Crippen LogP contribution < -0.4 is 4.90 Å². The third-order valence-corrected chi connectivity index (χ3v) is 4.12. The summed E-state index contributed by atoms with van der Waals surface area (Å²) >= 11 is 0. The molecule has 4 rings (SSSR count). The number of hydrogen-bond acceptors (Lipinski definition) is 4. The number of aromatic nitrogens is 4. The van der Waals surface area contributed by atoms with Crippen LogP contribution in [0.25, 0.3) is 16.6 Å². The minimum Gasteiger partial charge on any atom is -0.355 e. The van der Waals surface area contributed by atoms with Crippen LogP contribution in [0, 0.1) is 13.8 Å². The molecule has 0 aliphatic rings. The largest absolute Gasteiger partial charge is 0.355 e. The molecule has 0 aliphatic heterocycles. The number of aryl methyl sites for hydroxylation is 2. The molecule has 120 valence electrons. The fourth-order valence-electron chi connectivity index (χ4n) is 3.02. The number of fused-ring (bicyclic) bond motifs is 2. The standard InChI is InChI=1S/C19H19N5/c1-13-9-19(24-18(21-13)8-14(2)22-24)23(3)12-15-10-16-6-4-5-7-17(16)20-11-15/h4-11H,12H2,1-3H3. The molecular weight excluding hydrogens is 298 g/mol. The second-order valence-corrected chi connectivity index (χ2v) is 6.20. The first-order valence-corrected chi connectivity index (χ1v) is 7.99. The monoisotopic (exact) mass is 317 g/mol. The van der Waals surface area contributed by atoms with E-state index in [9.17, 15) is 0 Å². The van der Waals surface area contributed by atoms with Gasteiger partial charge < -0.3 is 4.90 Å². The van der Waals surface area contributed by atoms with Gasteiger partial charge in [0, 0.05) is 43.0 Å². The van der Waals surface area contributed by atoms with E-state index in [4.69, 9.17) is 0 Å². The van der Waals surface area contributed by atoms with Gasteiger partial charge in [-0.2, -0.15) is 9.61 Å². The molecule has 0 saturated carbocycles. The Morgan fingerprint density at radius 2 is 1.88 bits per heavy atom. The zero-order valence-corrected chi connectivity index (χ0v) is 14.1. The van der Waals surface area contributed by atoms with E-state index in [1.54, 1.807) is 0 Å². The third kappa shape index (κ3) is 2.58. The highest BCUT2D eigenvalue weighted by Crippen LogP contribution is 2.20. The lowest BCUT2D eigenvalue weighted by Crippen LogP contribution is -2.20. The van der Waals surface area contributed by atoms with E-state index in [0.29, 0.717) is 0 Å². The van der Waals surface area contributed by atoms with Crippen molar-refractivity contribution in [1.82, 2.24) is 19.6 Å². The summed E-state index contributed by atoms with van der Waals surface area (Å²) in [5.74, 6) is 1.03. The normalized spacial score (nSPS) is 11.3. The number of benzene rings is 1. The first-order chi connectivity index (χ1) is 11.6. The molecule has 5 heteroatoms. The molecule has 0 aliphatic carbocycles. The van der Waals surface area contributed by atoms with Crippen LogP contribution in [-0.4, -0.2) is 26.6 Å². The molecular formula is C19H19N5. The zero-order valence-electron chi connectivity index (χ0n) is 14.1. The van der Waals surface area contributed by atoms with Gasteiger partial charge in [-0.25, -0.2) is 4.98 Å². The van der Waals surface area contributed by atoms with E-state index in [1.165, 1.54) is 5.56 Å². The van der Waals surface area contributed by atoms with Crippen LogP contribution >= 0.6 is 0 Å². The first-order valence-electron chi connectivity index (χ1n) is 7.99. The number of para-hydroxylation sites is 1. The predicted octanol–water partition coefficient (Wildman–Crippen LogP) is 3.53. The molecule has 0 amide bonds. The topological polar surface area (TPSA) is 46.3 Å². The highest BCUT2D eigenvalue weighted by molar-refractivity contribution is 5.78. The van der Waals surface area contributed by atoms with Gasteiger partial charge in [-0.15, -0.1) is 0 Å². The number of rotatable bonds is 3. The van der Waals surface area contributed by atoms with Crippen molar-refractivity contribution in [1.29, 1.82) is 0 Å². The van der Waals surface area contributed by atoms with E-state index in [-0.39, 0.29) is 0 Å². The summed E-state index contributed by atoms with van der Waals surface area (Å²) in [4.78, 5) is 11.3. The highest BCUT2D eigenvalue weighted by atomic mass is 15.3. The van der Waals surface area contributed by atoms with Crippen molar-refractivity contribution in [3.8, 4) is 0 Å². The molecule has 0 bridgehead atoms. The van der Waals surface area contributed by atoms with Crippen LogP contribution in [-0.2, 0) is 6.54 Å². The van der Waals surface area contributed by atoms with Gasteiger partial charge in [0.05, 0.1) is 11.2 Å². The molecule has 0 fully saturated rings.